The average molecular weight is 645 g/mol. The van der Waals surface area contributed by atoms with Crippen molar-refractivity contribution >= 4 is 56.7 Å². The molecule has 3 fully saturated rings. The Labute approximate surface area is 260 Å². The second-order valence-corrected chi connectivity index (χ2v) is 13.7. The number of fused-ring (bicyclic) bond motifs is 3. The van der Waals surface area contributed by atoms with Crippen molar-refractivity contribution in [2.24, 2.45) is 5.92 Å². The summed E-state index contributed by atoms with van der Waals surface area (Å²) in [6.07, 6.45) is 2.68. The Balaban J connectivity index is 1.30. The summed E-state index contributed by atoms with van der Waals surface area (Å²) in [5.41, 5.74) is 2.09. The Morgan fingerprint density at radius 3 is 2.12 bits per heavy atom. The zero-order chi connectivity index (χ0) is 30.9. The van der Waals surface area contributed by atoms with E-state index in [9.17, 15) is 27.9 Å². The number of anilines is 1. The minimum Gasteiger partial charge on any atom is -0.480 e. The van der Waals surface area contributed by atoms with Crippen molar-refractivity contribution in [2.75, 3.05) is 5.32 Å². The third-order valence-corrected chi connectivity index (χ3v) is 10.7. The maximum atomic E-state index is 13.7. The van der Waals surface area contributed by atoms with Crippen molar-refractivity contribution in [3.63, 3.8) is 0 Å². The first-order valence-electron chi connectivity index (χ1n) is 13.9. The number of nitrogens with one attached hydrogen (secondary N) is 2. The first-order valence-corrected chi connectivity index (χ1v) is 16.1. The van der Waals surface area contributed by atoms with Gasteiger partial charge in [0, 0.05) is 18.2 Å². The second-order valence-electron chi connectivity index (χ2n) is 11.0. The van der Waals surface area contributed by atoms with Crippen LogP contribution in [0.15, 0.2) is 71.6 Å². The molecule has 12 heteroatoms. The summed E-state index contributed by atoms with van der Waals surface area (Å²) < 4.78 is 28.8. The predicted octanol–water partition coefficient (Wildman–Crippen LogP) is 5.30. The van der Waals surface area contributed by atoms with Crippen LogP contribution in [0.4, 0.5) is 5.69 Å². The Kier molecular flexibility index (Phi) is 9.12. The first-order chi connectivity index (χ1) is 20.5. The number of benzene rings is 3. The molecule has 2 bridgehead atoms. The molecule has 1 aliphatic carbocycles. The Bertz CT molecular complexity index is 1620. The quantitative estimate of drug-likeness (QED) is 0.290. The summed E-state index contributed by atoms with van der Waals surface area (Å²) >= 11 is 12.2. The highest BCUT2D eigenvalue weighted by molar-refractivity contribution is 7.89. The third kappa shape index (κ3) is 6.57. The van der Waals surface area contributed by atoms with Gasteiger partial charge >= 0.3 is 5.97 Å². The zero-order valence-electron chi connectivity index (χ0n) is 23.3. The van der Waals surface area contributed by atoms with Crippen molar-refractivity contribution in [1.82, 2.24) is 9.62 Å². The fourth-order valence-corrected chi connectivity index (χ4v) is 8.40. The summed E-state index contributed by atoms with van der Waals surface area (Å²) in [5, 5.41) is 15.7. The van der Waals surface area contributed by atoms with E-state index in [4.69, 9.17) is 23.2 Å². The molecule has 2 amide bonds. The van der Waals surface area contributed by atoms with E-state index in [0.29, 0.717) is 36.9 Å². The van der Waals surface area contributed by atoms with Gasteiger partial charge in [0.15, 0.2) is 0 Å². The molecule has 2 aliphatic heterocycles. The van der Waals surface area contributed by atoms with Gasteiger partial charge in [-0.25, -0.2) is 13.2 Å². The summed E-state index contributed by atoms with van der Waals surface area (Å²) in [4.78, 5) is 38.7. The van der Waals surface area contributed by atoms with Gasteiger partial charge in [0.1, 0.15) is 12.1 Å². The van der Waals surface area contributed by atoms with Gasteiger partial charge in [-0.3, -0.25) is 9.59 Å². The van der Waals surface area contributed by atoms with E-state index in [2.05, 4.69) is 10.6 Å². The number of carbonyl (C=O) groups is 3. The molecule has 1 saturated carbocycles. The number of aliphatic carboxylic acids is 1. The van der Waals surface area contributed by atoms with Gasteiger partial charge in [0.25, 0.3) is 5.91 Å². The summed E-state index contributed by atoms with van der Waals surface area (Å²) in [7, 11) is -3.99. The molecule has 0 spiro atoms. The van der Waals surface area contributed by atoms with Crippen LogP contribution >= 0.6 is 23.2 Å². The van der Waals surface area contributed by atoms with E-state index >= 15 is 0 Å². The van der Waals surface area contributed by atoms with Gasteiger partial charge in [-0.2, -0.15) is 4.31 Å². The van der Waals surface area contributed by atoms with Gasteiger partial charge in [-0.05, 0) is 80.5 Å². The molecule has 9 nitrogen and oxygen atoms in total. The number of amides is 2. The third-order valence-electron chi connectivity index (χ3n) is 8.14. The lowest BCUT2D eigenvalue weighted by atomic mass is 9.76. The Morgan fingerprint density at radius 1 is 0.930 bits per heavy atom. The first kappa shape index (κ1) is 31.0. The smallest absolute Gasteiger partial charge is 0.326 e. The van der Waals surface area contributed by atoms with Crippen molar-refractivity contribution in [3.05, 3.63) is 93.5 Å². The van der Waals surface area contributed by atoms with Crippen molar-refractivity contribution in [2.45, 2.75) is 62.0 Å². The van der Waals surface area contributed by atoms with Gasteiger partial charge in [0.05, 0.1) is 20.5 Å². The molecule has 0 unspecified atom stereocenters. The molecule has 2 heterocycles. The lowest BCUT2D eigenvalue weighted by Gasteiger charge is -2.49. The Hall–Kier alpha value is -3.44. The fraction of sp³-hybridized carbons (Fsp3) is 0.323. The number of carbonyl (C=O) groups excluding carboxylic acids is 2. The topological polar surface area (TPSA) is 133 Å². The number of carboxylic acids is 1. The van der Waals surface area contributed by atoms with Crippen LogP contribution in [0.1, 0.15) is 47.2 Å². The number of piperidine rings is 2. The maximum Gasteiger partial charge on any atom is 0.326 e. The molecule has 226 valence electrons. The molecule has 0 aromatic heterocycles. The highest BCUT2D eigenvalue weighted by Gasteiger charge is 2.51. The number of rotatable bonds is 9. The van der Waals surface area contributed by atoms with E-state index in [-0.39, 0.29) is 38.9 Å². The van der Waals surface area contributed by atoms with E-state index in [0.717, 1.165) is 5.56 Å². The van der Waals surface area contributed by atoms with E-state index in [1.54, 1.807) is 54.6 Å². The molecule has 3 N–H and O–H groups in total. The van der Waals surface area contributed by atoms with Gasteiger partial charge in [-0.1, -0.05) is 59.1 Å². The monoisotopic (exact) mass is 643 g/mol. The van der Waals surface area contributed by atoms with Crippen LogP contribution in [0.5, 0.6) is 0 Å². The number of carboxylic acid groups (broad SMARTS) is 1. The van der Waals surface area contributed by atoms with Crippen LogP contribution in [0.3, 0.4) is 0 Å². The maximum absolute atomic E-state index is 13.7. The standard InChI is InChI=1S/C31H31Cl2N3O6S/c1-18-5-15-23(16-6-18)43(41,42)36-22-13-9-20(10-14-22)28(36)30(38)35-26(31(39)40)17-19-7-11-21(12-8-19)34-29(37)27-24(32)3-2-4-25(27)33/h2-8,11-12,15-16,20,22,26,28H,9-10,13-14,17H2,1H3,(H,34,37)(H,35,38)(H,39,40)/t20?,22?,26-,28-/m0/s1. The molecule has 3 aliphatic rings. The number of hydrogen-bond donors (Lipinski definition) is 3. The zero-order valence-corrected chi connectivity index (χ0v) is 25.6. The molecule has 3 aromatic rings. The number of sulfonamides is 1. The van der Waals surface area contributed by atoms with E-state index in [1.165, 1.54) is 16.4 Å². The molecule has 43 heavy (non-hydrogen) atoms. The molecule has 3 aromatic carbocycles. The number of nitrogens with zero attached hydrogens (tertiary/aromatic N) is 1. The van der Waals surface area contributed by atoms with Crippen LogP contribution in [-0.2, 0) is 26.0 Å². The largest absolute Gasteiger partial charge is 0.480 e. The van der Waals surface area contributed by atoms with Crippen LogP contribution < -0.4 is 10.6 Å². The van der Waals surface area contributed by atoms with Gasteiger partial charge in [-0.15, -0.1) is 0 Å². The SMILES string of the molecule is Cc1ccc(S(=O)(=O)N2C3CCC(CC3)[C@H]2C(=O)N[C@@H](Cc2ccc(NC(=O)c3c(Cl)cccc3Cl)cc2)C(=O)O)cc1. The van der Waals surface area contributed by atoms with Crippen molar-refractivity contribution in [3.8, 4) is 0 Å². The van der Waals surface area contributed by atoms with Crippen LogP contribution in [0, 0.1) is 12.8 Å². The van der Waals surface area contributed by atoms with Crippen LogP contribution in [0.2, 0.25) is 10.0 Å². The lowest BCUT2D eigenvalue weighted by Crippen LogP contribution is -2.63. The molecule has 6 rings (SSSR count). The van der Waals surface area contributed by atoms with E-state index in [1.807, 2.05) is 6.92 Å². The number of hydrogen-bond acceptors (Lipinski definition) is 5. The molecular formula is C31H31Cl2N3O6S. The highest BCUT2D eigenvalue weighted by atomic mass is 35.5. The second kappa shape index (κ2) is 12.7. The number of aryl methyl sites for hydroxylation is 1. The van der Waals surface area contributed by atoms with Gasteiger partial charge < -0.3 is 15.7 Å². The molecule has 2 saturated heterocycles. The van der Waals surface area contributed by atoms with Crippen molar-refractivity contribution < 1.29 is 27.9 Å². The Morgan fingerprint density at radius 2 is 1.53 bits per heavy atom. The lowest BCUT2D eigenvalue weighted by molar-refractivity contribution is -0.143. The summed E-state index contributed by atoms with van der Waals surface area (Å²) in [6.45, 7) is 1.86. The van der Waals surface area contributed by atoms with Crippen molar-refractivity contribution in [1.29, 1.82) is 0 Å². The summed E-state index contributed by atoms with van der Waals surface area (Å²) in [5.74, 6) is -2.55. The van der Waals surface area contributed by atoms with E-state index < -0.39 is 39.9 Å². The molecule has 2 atom stereocenters. The summed E-state index contributed by atoms with van der Waals surface area (Å²) in [6, 6.07) is 15.1. The molecule has 0 radical (unpaired) electrons. The predicted molar refractivity (Wildman–Crippen MR) is 164 cm³/mol. The fourth-order valence-electron chi connectivity index (χ4n) is 5.94. The average Bonchev–Trinajstić information content (AvgIpc) is 2.98. The van der Waals surface area contributed by atoms with Crippen LogP contribution in [0.25, 0.3) is 0 Å². The minimum absolute atomic E-state index is 0.0445. The van der Waals surface area contributed by atoms with Crippen LogP contribution in [-0.4, -0.2) is 53.7 Å². The van der Waals surface area contributed by atoms with Gasteiger partial charge in [0.2, 0.25) is 15.9 Å². The minimum atomic E-state index is -3.99. The number of halogens is 2. The molecular weight excluding hydrogens is 613 g/mol. The highest BCUT2D eigenvalue weighted by Crippen LogP contribution is 2.43. The normalized spacial score (nSPS) is 20.8.